The Bertz CT molecular complexity index is 148. The number of hydrogen-bond donors (Lipinski definition) is 1. The van der Waals surface area contributed by atoms with Crippen molar-refractivity contribution in [3.63, 3.8) is 0 Å². The third-order valence-electron chi connectivity index (χ3n) is 2.75. The minimum atomic E-state index is 0. The molecule has 1 saturated carbocycles. The van der Waals surface area contributed by atoms with Gasteiger partial charge in [0, 0.05) is 12.1 Å². The van der Waals surface area contributed by atoms with E-state index in [0.717, 1.165) is 6.54 Å². The standard InChI is InChI=1S/C9H15N.ClH/c1-2-5-9(6-3-1)7-4-8-10-9;/h4,7,10H,1-3,5-6,8H2;1H. The van der Waals surface area contributed by atoms with E-state index in [2.05, 4.69) is 17.5 Å². The van der Waals surface area contributed by atoms with Crippen LogP contribution < -0.4 is 5.32 Å². The molecule has 0 aromatic rings. The Morgan fingerprint density at radius 2 is 1.82 bits per heavy atom. The van der Waals surface area contributed by atoms with Crippen LogP contribution in [0, 0.1) is 0 Å². The van der Waals surface area contributed by atoms with Gasteiger partial charge in [-0.2, -0.15) is 0 Å². The van der Waals surface area contributed by atoms with Gasteiger partial charge >= 0.3 is 0 Å². The van der Waals surface area contributed by atoms with E-state index in [-0.39, 0.29) is 12.4 Å². The summed E-state index contributed by atoms with van der Waals surface area (Å²) in [5.74, 6) is 0. The van der Waals surface area contributed by atoms with Crippen LogP contribution in [0.4, 0.5) is 0 Å². The van der Waals surface area contributed by atoms with Gasteiger partial charge in [-0.05, 0) is 12.8 Å². The number of hydrogen-bond acceptors (Lipinski definition) is 1. The average Bonchev–Trinajstić information content (AvgIpc) is 2.39. The maximum atomic E-state index is 3.56. The normalized spacial score (nSPS) is 26.9. The molecule has 1 heterocycles. The molecule has 0 aromatic carbocycles. The fourth-order valence-electron chi connectivity index (χ4n) is 2.13. The fourth-order valence-corrected chi connectivity index (χ4v) is 2.13. The molecule has 2 rings (SSSR count). The molecule has 1 spiro atoms. The predicted octanol–water partition coefficient (Wildman–Crippen LogP) is 2.27. The van der Waals surface area contributed by atoms with Crippen LogP contribution in [0.5, 0.6) is 0 Å². The molecule has 1 aliphatic carbocycles. The first-order valence-corrected chi connectivity index (χ1v) is 4.34. The van der Waals surface area contributed by atoms with Gasteiger partial charge in [0.25, 0.3) is 0 Å². The predicted molar refractivity (Wildman–Crippen MR) is 50.2 cm³/mol. The van der Waals surface area contributed by atoms with Gasteiger partial charge < -0.3 is 5.32 Å². The minimum Gasteiger partial charge on any atom is -0.304 e. The van der Waals surface area contributed by atoms with Gasteiger partial charge in [-0.3, -0.25) is 0 Å². The van der Waals surface area contributed by atoms with Crippen molar-refractivity contribution in [2.24, 2.45) is 0 Å². The first-order valence-electron chi connectivity index (χ1n) is 4.34. The number of halogens is 1. The van der Waals surface area contributed by atoms with Crippen molar-refractivity contribution < 1.29 is 0 Å². The molecule has 11 heavy (non-hydrogen) atoms. The van der Waals surface area contributed by atoms with Gasteiger partial charge in [-0.1, -0.05) is 31.4 Å². The highest BCUT2D eigenvalue weighted by molar-refractivity contribution is 5.85. The fraction of sp³-hybridized carbons (Fsp3) is 0.778. The lowest BCUT2D eigenvalue weighted by Crippen LogP contribution is -2.41. The van der Waals surface area contributed by atoms with Gasteiger partial charge in [-0.15, -0.1) is 12.4 Å². The summed E-state index contributed by atoms with van der Waals surface area (Å²) in [5.41, 5.74) is 0.443. The van der Waals surface area contributed by atoms with Crippen LogP contribution in [0.2, 0.25) is 0 Å². The second kappa shape index (κ2) is 3.59. The summed E-state index contributed by atoms with van der Waals surface area (Å²) in [6.07, 6.45) is 11.6. The third kappa shape index (κ3) is 1.77. The molecule has 1 N–H and O–H groups in total. The second-order valence-electron chi connectivity index (χ2n) is 3.50. The molecule has 0 atom stereocenters. The molecule has 0 radical (unpaired) electrons. The summed E-state index contributed by atoms with van der Waals surface area (Å²) >= 11 is 0. The topological polar surface area (TPSA) is 12.0 Å². The zero-order valence-corrected chi connectivity index (χ0v) is 7.62. The molecular weight excluding hydrogens is 158 g/mol. The van der Waals surface area contributed by atoms with E-state index in [1.165, 1.54) is 32.1 Å². The number of rotatable bonds is 0. The molecule has 0 bridgehead atoms. The molecule has 0 unspecified atom stereocenters. The van der Waals surface area contributed by atoms with Gasteiger partial charge in [0.05, 0.1) is 0 Å². The van der Waals surface area contributed by atoms with E-state index < -0.39 is 0 Å². The van der Waals surface area contributed by atoms with Crippen molar-refractivity contribution >= 4 is 12.4 Å². The van der Waals surface area contributed by atoms with E-state index in [1.807, 2.05) is 0 Å². The van der Waals surface area contributed by atoms with Gasteiger partial charge in [0.2, 0.25) is 0 Å². The van der Waals surface area contributed by atoms with Crippen LogP contribution in [0.1, 0.15) is 32.1 Å². The summed E-state index contributed by atoms with van der Waals surface area (Å²) < 4.78 is 0. The summed E-state index contributed by atoms with van der Waals surface area (Å²) in [4.78, 5) is 0. The van der Waals surface area contributed by atoms with E-state index in [4.69, 9.17) is 0 Å². The van der Waals surface area contributed by atoms with Gasteiger partial charge in [0.15, 0.2) is 0 Å². The van der Waals surface area contributed by atoms with Crippen molar-refractivity contribution in [2.75, 3.05) is 6.54 Å². The van der Waals surface area contributed by atoms with Crippen LogP contribution >= 0.6 is 12.4 Å². The monoisotopic (exact) mass is 173 g/mol. The van der Waals surface area contributed by atoms with Crippen LogP contribution in [0.25, 0.3) is 0 Å². The van der Waals surface area contributed by atoms with E-state index in [9.17, 15) is 0 Å². The summed E-state index contributed by atoms with van der Waals surface area (Å²) in [6, 6.07) is 0. The smallest absolute Gasteiger partial charge is 0.0367 e. The lowest BCUT2D eigenvalue weighted by Gasteiger charge is -2.32. The zero-order chi connectivity index (χ0) is 6.86. The Morgan fingerprint density at radius 3 is 2.36 bits per heavy atom. The second-order valence-corrected chi connectivity index (χ2v) is 3.50. The maximum absolute atomic E-state index is 3.56. The molecule has 2 heteroatoms. The van der Waals surface area contributed by atoms with Crippen molar-refractivity contribution in [2.45, 2.75) is 37.6 Å². The highest BCUT2D eigenvalue weighted by atomic mass is 35.5. The molecule has 0 saturated heterocycles. The molecule has 1 aliphatic heterocycles. The SMILES string of the molecule is C1=CC2(CCCCC2)NC1.Cl. The molecule has 0 amide bonds. The largest absolute Gasteiger partial charge is 0.304 e. The molecule has 2 aliphatic rings. The highest BCUT2D eigenvalue weighted by Crippen LogP contribution is 2.30. The minimum absolute atomic E-state index is 0. The van der Waals surface area contributed by atoms with E-state index >= 15 is 0 Å². The molecule has 0 aromatic heterocycles. The quantitative estimate of drug-likeness (QED) is 0.555. The zero-order valence-electron chi connectivity index (χ0n) is 6.81. The first-order chi connectivity index (χ1) is 4.91. The Kier molecular flexibility index (Phi) is 2.97. The van der Waals surface area contributed by atoms with Crippen LogP contribution in [-0.4, -0.2) is 12.1 Å². The van der Waals surface area contributed by atoms with Gasteiger partial charge in [0.1, 0.15) is 0 Å². The van der Waals surface area contributed by atoms with Crippen molar-refractivity contribution in [1.82, 2.24) is 5.32 Å². The summed E-state index contributed by atoms with van der Waals surface area (Å²) in [5, 5.41) is 3.56. The highest BCUT2D eigenvalue weighted by Gasteiger charge is 2.30. The van der Waals surface area contributed by atoms with Gasteiger partial charge in [-0.25, -0.2) is 0 Å². The summed E-state index contributed by atoms with van der Waals surface area (Å²) in [6.45, 7) is 1.10. The first kappa shape index (κ1) is 9.08. The Balaban J connectivity index is 0.000000605. The van der Waals surface area contributed by atoms with Crippen LogP contribution in [0.15, 0.2) is 12.2 Å². The lowest BCUT2D eigenvalue weighted by molar-refractivity contribution is 0.312. The molecule has 1 nitrogen and oxygen atoms in total. The Hall–Kier alpha value is -0.0100. The lowest BCUT2D eigenvalue weighted by atomic mass is 9.83. The Morgan fingerprint density at radius 1 is 1.09 bits per heavy atom. The summed E-state index contributed by atoms with van der Waals surface area (Å²) in [7, 11) is 0. The van der Waals surface area contributed by atoms with E-state index in [1.54, 1.807) is 0 Å². The van der Waals surface area contributed by atoms with Crippen molar-refractivity contribution in [3.8, 4) is 0 Å². The van der Waals surface area contributed by atoms with Crippen LogP contribution in [0.3, 0.4) is 0 Å². The molecular formula is C9H16ClN. The molecule has 1 fully saturated rings. The van der Waals surface area contributed by atoms with Crippen LogP contribution in [-0.2, 0) is 0 Å². The van der Waals surface area contributed by atoms with Crippen molar-refractivity contribution in [1.29, 1.82) is 0 Å². The third-order valence-corrected chi connectivity index (χ3v) is 2.75. The molecule has 64 valence electrons. The van der Waals surface area contributed by atoms with E-state index in [0.29, 0.717) is 5.54 Å². The number of nitrogens with one attached hydrogen (secondary N) is 1. The van der Waals surface area contributed by atoms with Crippen molar-refractivity contribution in [3.05, 3.63) is 12.2 Å². The maximum Gasteiger partial charge on any atom is 0.0367 e. The Labute approximate surface area is 74.7 Å². The average molecular weight is 174 g/mol.